The molecule has 1 fully saturated rings. The number of aliphatic hydroxyl groups is 1. The highest BCUT2D eigenvalue weighted by atomic mass is 19.1. The highest BCUT2D eigenvalue weighted by molar-refractivity contribution is 5.34. The van der Waals surface area contributed by atoms with Crippen LogP contribution in [0.15, 0.2) is 48.7 Å². The number of piperidine rings is 1. The second kappa shape index (κ2) is 8.07. The number of benzene rings is 1. The van der Waals surface area contributed by atoms with Gasteiger partial charge < -0.3 is 10.0 Å². The quantitative estimate of drug-likeness (QED) is 0.863. The molecular formula is C21H27FN2O. The van der Waals surface area contributed by atoms with E-state index in [9.17, 15) is 9.50 Å². The van der Waals surface area contributed by atoms with Crippen LogP contribution in [0.1, 0.15) is 43.9 Å². The van der Waals surface area contributed by atoms with Gasteiger partial charge in [0.05, 0.1) is 5.69 Å². The lowest BCUT2D eigenvalue weighted by molar-refractivity contribution is -0.0177. The molecule has 0 radical (unpaired) electrons. The predicted molar refractivity (Wildman–Crippen MR) is 97.7 cm³/mol. The van der Waals surface area contributed by atoms with Crippen LogP contribution in [-0.2, 0) is 5.60 Å². The highest BCUT2D eigenvalue weighted by Crippen LogP contribution is 2.41. The molecule has 1 unspecified atom stereocenters. The lowest BCUT2D eigenvalue weighted by Crippen LogP contribution is -2.45. The Balaban J connectivity index is 1.88. The van der Waals surface area contributed by atoms with Crippen LogP contribution in [0, 0.1) is 11.7 Å². The summed E-state index contributed by atoms with van der Waals surface area (Å²) in [6.45, 7) is 5.26. The van der Waals surface area contributed by atoms with Gasteiger partial charge in [0.2, 0.25) is 0 Å². The summed E-state index contributed by atoms with van der Waals surface area (Å²) in [7, 11) is 0. The first-order chi connectivity index (χ1) is 12.1. The summed E-state index contributed by atoms with van der Waals surface area (Å²) >= 11 is 0. The topological polar surface area (TPSA) is 36.4 Å². The zero-order chi connectivity index (χ0) is 17.7. The Kier molecular flexibility index (Phi) is 5.82. The van der Waals surface area contributed by atoms with E-state index in [4.69, 9.17) is 0 Å². The Morgan fingerprint density at radius 3 is 2.64 bits per heavy atom. The maximum Gasteiger partial charge on any atom is 0.134 e. The number of halogens is 1. The average Bonchev–Trinajstić information content (AvgIpc) is 2.67. The van der Waals surface area contributed by atoms with Crippen molar-refractivity contribution in [2.45, 2.75) is 38.2 Å². The lowest BCUT2D eigenvalue weighted by atomic mass is 9.74. The second-order valence-electron chi connectivity index (χ2n) is 6.96. The maximum atomic E-state index is 13.8. The Labute approximate surface area is 149 Å². The van der Waals surface area contributed by atoms with Gasteiger partial charge in [0.1, 0.15) is 11.4 Å². The van der Waals surface area contributed by atoms with Gasteiger partial charge in [0.25, 0.3) is 0 Å². The van der Waals surface area contributed by atoms with Crippen molar-refractivity contribution in [3.63, 3.8) is 0 Å². The lowest BCUT2D eigenvalue weighted by Gasteiger charge is -2.41. The number of hydrogen-bond donors (Lipinski definition) is 1. The van der Waals surface area contributed by atoms with E-state index in [-0.39, 0.29) is 11.7 Å². The van der Waals surface area contributed by atoms with E-state index in [2.05, 4.69) is 16.8 Å². The highest BCUT2D eigenvalue weighted by Gasteiger charge is 2.42. The van der Waals surface area contributed by atoms with Crippen LogP contribution in [0.3, 0.4) is 0 Å². The Morgan fingerprint density at radius 2 is 2.00 bits per heavy atom. The molecule has 1 aromatic heterocycles. The zero-order valence-electron chi connectivity index (χ0n) is 14.9. The van der Waals surface area contributed by atoms with Gasteiger partial charge in [0.15, 0.2) is 0 Å². The summed E-state index contributed by atoms with van der Waals surface area (Å²) in [6, 6.07) is 11.9. The summed E-state index contributed by atoms with van der Waals surface area (Å²) in [5, 5.41) is 11.7. The number of aromatic nitrogens is 1. The Hall–Kier alpha value is -1.78. The molecule has 3 nitrogen and oxygen atoms in total. The Bertz CT molecular complexity index is 671. The van der Waals surface area contributed by atoms with E-state index in [1.54, 1.807) is 18.3 Å². The maximum absolute atomic E-state index is 13.8. The van der Waals surface area contributed by atoms with E-state index in [1.807, 2.05) is 18.2 Å². The number of nitrogens with zero attached hydrogens (tertiary/aromatic N) is 2. The zero-order valence-corrected chi connectivity index (χ0v) is 14.9. The van der Waals surface area contributed by atoms with Crippen molar-refractivity contribution in [2.24, 2.45) is 5.92 Å². The number of likely N-dealkylation sites (tertiary alicyclic amines) is 1. The van der Waals surface area contributed by atoms with Gasteiger partial charge in [-0.3, -0.25) is 4.98 Å². The second-order valence-corrected chi connectivity index (χ2v) is 6.96. The molecule has 1 aliphatic heterocycles. The third-order valence-electron chi connectivity index (χ3n) is 5.33. The van der Waals surface area contributed by atoms with Crippen molar-refractivity contribution >= 4 is 0 Å². The molecule has 4 heteroatoms. The third kappa shape index (κ3) is 3.91. The van der Waals surface area contributed by atoms with Crippen molar-refractivity contribution in [1.82, 2.24) is 9.88 Å². The fraction of sp³-hybridized carbons (Fsp3) is 0.476. The number of unbranched alkanes of at least 4 members (excludes halogenated alkanes) is 1. The van der Waals surface area contributed by atoms with Crippen LogP contribution >= 0.6 is 0 Å². The van der Waals surface area contributed by atoms with Gasteiger partial charge in [-0.05, 0) is 68.7 Å². The SMILES string of the molecule is CCCCN1CCC(C(O)(c2cccc(F)c2)c2ccccn2)CC1. The molecule has 0 aliphatic carbocycles. The van der Waals surface area contributed by atoms with Crippen LogP contribution < -0.4 is 0 Å². The first kappa shape index (κ1) is 18.0. The van der Waals surface area contributed by atoms with E-state index >= 15 is 0 Å². The van der Waals surface area contributed by atoms with Gasteiger partial charge in [-0.15, -0.1) is 0 Å². The minimum absolute atomic E-state index is 0.0297. The normalized spacial score (nSPS) is 18.8. The van der Waals surface area contributed by atoms with Gasteiger partial charge in [-0.2, -0.15) is 0 Å². The van der Waals surface area contributed by atoms with Crippen LogP contribution in [0.2, 0.25) is 0 Å². The van der Waals surface area contributed by atoms with E-state index in [0.29, 0.717) is 11.3 Å². The first-order valence-electron chi connectivity index (χ1n) is 9.27. The van der Waals surface area contributed by atoms with Gasteiger partial charge >= 0.3 is 0 Å². The minimum Gasteiger partial charge on any atom is -0.378 e. The summed E-state index contributed by atoms with van der Waals surface area (Å²) < 4.78 is 13.8. The number of hydrogen-bond acceptors (Lipinski definition) is 3. The number of pyridine rings is 1. The monoisotopic (exact) mass is 342 g/mol. The van der Waals surface area contributed by atoms with E-state index < -0.39 is 5.60 Å². The minimum atomic E-state index is -1.25. The van der Waals surface area contributed by atoms with Crippen molar-refractivity contribution in [3.05, 3.63) is 65.7 Å². The van der Waals surface area contributed by atoms with Gasteiger partial charge in [-0.1, -0.05) is 31.5 Å². The van der Waals surface area contributed by atoms with Crippen molar-refractivity contribution in [3.8, 4) is 0 Å². The summed E-state index contributed by atoms with van der Waals surface area (Å²) in [6.07, 6.45) is 5.86. The molecule has 2 heterocycles. The summed E-state index contributed by atoms with van der Waals surface area (Å²) in [5.74, 6) is -0.297. The molecule has 2 aromatic rings. The average molecular weight is 342 g/mol. The molecular weight excluding hydrogens is 315 g/mol. The molecule has 1 aromatic carbocycles. The van der Waals surface area contributed by atoms with E-state index in [0.717, 1.165) is 32.5 Å². The van der Waals surface area contributed by atoms with Crippen molar-refractivity contribution in [1.29, 1.82) is 0 Å². The molecule has 1 N–H and O–H groups in total. The molecule has 0 bridgehead atoms. The molecule has 1 aliphatic rings. The smallest absolute Gasteiger partial charge is 0.134 e. The van der Waals surface area contributed by atoms with Crippen molar-refractivity contribution < 1.29 is 9.50 Å². The molecule has 25 heavy (non-hydrogen) atoms. The fourth-order valence-electron chi connectivity index (χ4n) is 3.86. The molecule has 0 saturated carbocycles. The number of rotatable bonds is 6. The molecule has 134 valence electrons. The molecule has 3 rings (SSSR count). The van der Waals surface area contributed by atoms with Crippen LogP contribution in [0.5, 0.6) is 0 Å². The molecule has 0 amide bonds. The largest absolute Gasteiger partial charge is 0.378 e. The van der Waals surface area contributed by atoms with Gasteiger partial charge in [0, 0.05) is 12.1 Å². The standard InChI is InChI=1S/C21H27FN2O/c1-2-3-13-24-14-10-17(11-15-24)21(25,20-9-4-5-12-23-20)18-7-6-8-19(22)16-18/h4-9,12,16-17,25H,2-3,10-11,13-15H2,1H3. The van der Waals surface area contributed by atoms with E-state index in [1.165, 1.54) is 25.0 Å². The van der Waals surface area contributed by atoms with Gasteiger partial charge in [-0.25, -0.2) is 4.39 Å². The summed E-state index contributed by atoms with van der Waals surface area (Å²) in [4.78, 5) is 6.88. The molecule has 1 saturated heterocycles. The third-order valence-corrected chi connectivity index (χ3v) is 5.33. The molecule has 0 spiro atoms. The first-order valence-corrected chi connectivity index (χ1v) is 9.27. The fourth-order valence-corrected chi connectivity index (χ4v) is 3.86. The van der Waals surface area contributed by atoms with Crippen LogP contribution in [0.4, 0.5) is 4.39 Å². The van der Waals surface area contributed by atoms with Crippen molar-refractivity contribution in [2.75, 3.05) is 19.6 Å². The van der Waals surface area contributed by atoms with Crippen LogP contribution in [-0.4, -0.2) is 34.6 Å². The summed E-state index contributed by atoms with van der Waals surface area (Å²) in [5.41, 5.74) is -0.0500. The predicted octanol–water partition coefficient (Wildman–Crippen LogP) is 3.97. The molecule has 1 atom stereocenters. The Morgan fingerprint density at radius 1 is 1.20 bits per heavy atom. The van der Waals surface area contributed by atoms with Crippen LogP contribution in [0.25, 0.3) is 0 Å².